The number of aromatic nitrogens is 2. The van der Waals surface area contributed by atoms with Gasteiger partial charge in [-0.15, -0.1) is 4.73 Å². The molecule has 0 aliphatic rings. The van der Waals surface area contributed by atoms with Gasteiger partial charge in [0.1, 0.15) is 5.03 Å². The molecule has 0 saturated heterocycles. The van der Waals surface area contributed by atoms with E-state index in [4.69, 9.17) is 4.84 Å². The third-order valence-corrected chi connectivity index (χ3v) is 7.63. The molecule has 0 fully saturated rings. The second-order valence-electron chi connectivity index (χ2n) is 7.49. The summed E-state index contributed by atoms with van der Waals surface area (Å²) in [6.07, 6.45) is 3.93. The molecule has 0 bridgehead atoms. The molecule has 34 heavy (non-hydrogen) atoms. The molecule has 1 unspecified atom stereocenters. The first-order chi connectivity index (χ1) is 16.4. The van der Waals surface area contributed by atoms with Crippen LogP contribution in [0, 0.1) is 0 Å². The normalized spacial score (nSPS) is 11.7. The zero-order chi connectivity index (χ0) is 24.3. The van der Waals surface area contributed by atoms with Crippen molar-refractivity contribution in [3.05, 3.63) is 71.9 Å². The number of carbonyl (C=O) groups excluding carboxylic acids is 2. The lowest BCUT2D eigenvalue weighted by molar-refractivity contribution is -0.145. The Morgan fingerprint density at radius 3 is 2.44 bits per heavy atom. The van der Waals surface area contributed by atoms with Gasteiger partial charge in [0.2, 0.25) is 11.8 Å². The lowest BCUT2D eigenvalue weighted by atomic mass is 10.1. The van der Waals surface area contributed by atoms with Crippen LogP contribution in [0.2, 0.25) is 0 Å². The average Bonchev–Trinajstić information content (AvgIpc) is 3.17. The Labute approximate surface area is 206 Å². The van der Waals surface area contributed by atoms with E-state index in [9.17, 15) is 19.8 Å². The Bertz CT molecular complexity index is 1050. The van der Waals surface area contributed by atoms with Crippen LogP contribution >= 0.6 is 21.6 Å². The van der Waals surface area contributed by atoms with Crippen LogP contribution in [0.5, 0.6) is 11.8 Å². The van der Waals surface area contributed by atoms with E-state index in [0.717, 1.165) is 23.4 Å². The molecule has 3 aromatic rings. The fourth-order valence-corrected chi connectivity index (χ4v) is 5.10. The van der Waals surface area contributed by atoms with Crippen molar-refractivity contribution >= 4 is 33.5 Å². The Balaban J connectivity index is 1.31. The molecule has 2 heterocycles. The number of amides is 1. The highest BCUT2D eigenvalue weighted by molar-refractivity contribution is 8.76. The summed E-state index contributed by atoms with van der Waals surface area (Å²) in [6, 6.07) is 15.9. The van der Waals surface area contributed by atoms with Gasteiger partial charge in [-0.25, -0.2) is 9.78 Å². The van der Waals surface area contributed by atoms with Gasteiger partial charge in [0.25, 0.3) is 5.91 Å². The highest BCUT2D eigenvalue weighted by atomic mass is 33.1. The number of nitrogens with one attached hydrogen (secondary N) is 1. The molecule has 3 rings (SSSR count). The summed E-state index contributed by atoms with van der Waals surface area (Å²) >= 11 is 0. The molecule has 8 nitrogen and oxygen atoms in total. The first kappa shape index (κ1) is 25.5. The van der Waals surface area contributed by atoms with Crippen molar-refractivity contribution in [1.82, 2.24) is 15.0 Å². The fraction of sp³-hybridized carbons (Fsp3) is 0.292. The topological polar surface area (TPSA) is 114 Å². The van der Waals surface area contributed by atoms with E-state index in [1.165, 1.54) is 12.1 Å². The lowest BCUT2D eigenvalue weighted by Gasteiger charge is -2.11. The summed E-state index contributed by atoms with van der Waals surface area (Å²) in [5.41, 5.74) is 1.74. The molecule has 0 spiro atoms. The minimum Gasteiger partial charge on any atom is -0.492 e. The van der Waals surface area contributed by atoms with Crippen LogP contribution in [0.25, 0.3) is 0 Å². The van der Waals surface area contributed by atoms with Crippen molar-refractivity contribution in [1.29, 1.82) is 0 Å². The minimum atomic E-state index is -0.559. The second-order valence-corrected chi connectivity index (χ2v) is 10.0. The van der Waals surface area contributed by atoms with E-state index in [1.807, 2.05) is 42.5 Å². The van der Waals surface area contributed by atoms with Crippen molar-refractivity contribution in [2.75, 3.05) is 6.54 Å². The quantitative estimate of drug-likeness (QED) is 0.241. The lowest BCUT2D eigenvalue weighted by Crippen LogP contribution is -2.24. The van der Waals surface area contributed by atoms with Gasteiger partial charge in [0.15, 0.2) is 0 Å². The zero-order valence-electron chi connectivity index (χ0n) is 18.7. The van der Waals surface area contributed by atoms with Gasteiger partial charge in [0.05, 0.1) is 0 Å². The van der Waals surface area contributed by atoms with Crippen molar-refractivity contribution in [3.8, 4) is 11.8 Å². The van der Waals surface area contributed by atoms with Crippen LogP contribution in [-0.2, 0) is 4.79 Å². The summed E-state index contributed by atoms with van der Waals surface area (Å²) in [5, 5.41) is 23.0. The van der Waals surface area contributed by atoms with E-state index in [-0.39, 0.29) is 29.3 Å². The highest BCUT2D eigenvalue weighted by Crippen LogP contribution is 2.41. The Morgan fingerprint density at radius 1 is 1.03 bits per heavy atom. The first-order valence-corrected chi connectivity index (χ1v) is 13.1. The maximum atomic E-state index is 12.4. The highest BCUT2D eigenvalue weighted by Gasteiger charge is 2.12. The number of aromatic hydroxyl groups is 2. The standard InChI is InChI=1S/C24H27N3O5S2/c1-17(33-34-20-7-4-6-15-25-20)18-9-11-19(12-10-18)24(31)26-16-5-2-3-8-23(30)32-27-21(28)13-14-22(27)29/h4,6-7,9-15,17,28-29H,2-3,5,8,16H2,1H3,(H,26,31). The molecular formula is C24H27N3O5S2. The zero-order valence-corrected chi connectivity index (χ0v) is 20.3. The number of hydrogen-bond acceptors (Lipinski definition) is 8. The second kappa shape index (κ2) is 13.0. The van der Waals surface area contributed by atoms with E-state index < -0.39 is 5.97 Å². The molecule has 3 N–H and O–H groups in total. The monoisotopic (exact) mass is 501 g/mol. The van der Waals surface area contributed by atoms with Crippen LogP contribution in [0.3, 0.4) is 0 Å². The summed E-state index contributed by atoms with van der Waals surface area (Å²) in [7, 11) is 3.35. The van der Waals surface area contributed by atoms with Gasteiger partial charge in [-0.05, 0) is 60.4 Å². The summed E-state index contributed by atoms with van der Waals surface area (Å²) in [5.74, 6) is -1.39. The molecule has 2 aromatic heterocycles. The van der Waals surface area contributed by atoms with Gasteiger partial charge in [0, 0.05) is 42.1 Å². The van der Waals surface area contributed by atoms with Gasteiger partial charge in [-0.3, -0.25) is 4.79 Å². The number of carbonyl (C=O) groups is 2. The molecule has 1 atom stereocenters. The number of pyridine rings is 1. The Kier molecular flexibility index (Phi) is 9.72. The van der Waals surface area contributed by atoms with Crippen LogP contribution in [0.15, 0.2) is 65.8 Å². The molecule has 1 aromatic carbocycles. The number of hydrogen-bond donors (Lipinski definition) is 3. The molecular weight excluding hydrogens is 474 g/mol. The third kappa shape index (κ3) is 7.74. The first-order valence-electron chi connectivity index (χ1n) is 10.9. The van der Waals surface area contributed by atoms with Gasteiger partial charge in [-0.1, -0.05) is 35.4 Å². The maximum absolute atomic E-state index is 12.4. The van der Waals surface area contributed by atoms with Crippen LogP contribution in [0.1, 0.15) is 53.8 Å². The summed E-state index contributed by atoms with van der Waals surface area (Å²) < 4.78 is 0.673. The Hall–Kier alpha value is -3.11. The minimum absolute atomic E-state index is 0.132. The van der Waals surface area contributed by atoms with Crippen molar-refractivity contribution in [2.45, 2.75) is 42.9 Å². The summed E-state index contributed by atoms with van der Waals surface area (Å²) in [6.45, 7) is 2.62. The number of nitrogens with zero attached hydrogens (tertiary/aromatic N) is 2. The number of rotatable bonds is 12. The van der Waals surface area contributed by atoms with Crippen molar-refractivity contribution in [2.24, 2.45) is 0 Å². The van der Waals surface area contributed by atoms with Gasteiger partial charge in [-0.2, -0.15) is 0 Å². The average molecular weight is 502 g/mol. The number of benzene rings is 1. The number of unbranched alkanes of at least 4 members (excludes halogenated alkanes) is 2. The Morgan fingerprint density at radius 2 is 1.76 bits per heavy atom. The van der Waals surface area contributed by atoms with Crippen LogP contribution < -0.4 is 10.2 Å². The van der Waals surface area contributed by atoms with Crippen molar-refractivity contribution < 1.29 is 24.6 Å². The van der Waals surface area contributed by atoms with E-state index >= 15 is 0 Å². The summed E-state index contributed by atoms with van der Waals surface area (Å²) in [4.78, 5) is 33.3. The largest absolute Gasteiger partial charge is 0.492 e. The molecule has 10 heteroatoms. The van der Waals surface area contributed by atoms with Crippen LogP contribution in [-0.4, -0.2) is 38.3 Å². The van der Waals surface area contributed by atoms with Gasteiger partial charge < -0.3 is 20.4 Å². The molecule has 0 aliphatic heterocycles. The molecule has 1 amide bonds. The van der Waals surface area contributed by atoms with E-state index in [1.54, 1.807) is 27.8 Å². The van der Waals surface area contributed by atoms with Crippen molar-refractivity contribution in [3.63, 3.8) is 0 Å². The predicted octanol–water partition coefficient (Wildman–Crippen LogP) is 4.74. The van der Waals surface area contributed by atoms with E-state index in [0.29, 0.717) is 23.3 Å². The molecule has 180 valence electrons. The maximum Gasteiger partial charge on any atom is 0.333 e. The van der Waals surface area contributed by atoms with E-state index in [2.05, 4.69) is 17.2 Å². The molecule has 0 radical (unpaired) electrons. The molecule has 0 saturated carbocycles. The van der Waals surface area contributed by atoms with Crippen LogP contribution in [0.4, 0.5) is 0 Å². The smallest absolute Gasteiger partial charge is 0.333 e. The van der Waals surface area contributed by atoms with Gasteiger partial charge >= 0.3 is 5.97 Å². The molecule has 0 aliphatic carbocycles. The SMILES string of the molecule is CC(SSc1ccccn1)c1ccc(C(=O)NCCCCCC(=O)On2c(O)ccc2O)cc1. The predicted molar refractivity (Wildman–Crippen MR) is 133 cm³/mol. The third-order valence-electron chi connectivity index (χ3n) is 4.89. The fourth-order valence-electron chi connectivity index (χ4n) is 3.00.